The van der Waals surface area contributed by atoms with Crippen molar-refractivity contribution in [2.75, 3.05) is 33.4 Å². The number of hydrogen-bond donors (Lipinski definition) is 2. The van der Waals surface area contributed by atoms with E-state index in [1.807, 2.05) is 12.1 Å². The molecule has 0 unspecified atom stereocenters. The van der Waals surface area contributed by atoms with Gasteiger partial charge in [0.1, 0.15) is 0 Å². The zero-order valence-electron chi connectivity index (χ0n) is 13.2. The second-order valence-corrected chi connectivity index (χ2v) is 4.67. The summed E-state index contributed by atoms with van der Waals surface area (Å²) < 4.78 is 7.66. The first-order valence-electron chi connectivity index (χ1n) is 7.50. The van der Waals surface area contributed by atoms with Crippen LogP contribution in [-0.2, 0) is 11.3 Å². The van der Waals surface area contributed by atoms with E-state index < -0.39 is 0 Å². The highest BCUT2D eigenvalue weighted by Crippen LogP contribution is 1.89. The number of rotatable bonds is 10. The van der Waals surface area contributed by atoms with Crippen LogP contribution >= 0.6 is 24.0 Å². The molecule has 0 fully saturated rings. The number of hydrogen-bond acceptors (Lipinski definition) is 2. The molecule has 1 aromatic rings. The standard InChI is InChI=1S/C15H28N4O.HI/c1-3-4-13-20-14-7-8-17-15(16-2)18-9-12-19-10-5-6-11-19;/h5-6,10-11H,3-4,7-9,12-14H2,1-2H3,(H2,16,17,18);1H. The van der Waals surface area contributed by atoms with Crippen LogP contribution in [0.3, 0.4) is 0 Å². The number of halogens is 1. The van der Waals surface area contributed by atoms with Gasteiger partial charge in [0.2, 0.25) is 0 Å². The Morgan fingerprint density at radius 1 is 1.10 bits per heavy atom. The summed E-state index contributed by atoms with van der Waals surface area (Å²) in [5, 5.41) is 6.59. The lowest BCUT2D eigenvalue weighted by Crippen LogP contribution is -2.39. The zero-order valence-corrected chi connectivity index (χ0v) is 15.5. The van der Waals surface area contributed by atoms with Crippen molar-refractivity contribution in [3.63, 3.8) is 0 Å². The quantitative estimate of drug-likeness (QED) is 0.271. The molecule has 1 aromatic heterocycles. The van der Waals surface area contributed by atoms with Gasteiger partial charge in [0.15, 0.2) is 5.96 Å². The second-order valence-electron chi connectivity index (χ2n) is 4.67. The summed E-state index contributed by atoms with van der Waals surface area (Å²) in [4.78, 5) is 4.20. The molecule has 6 heteroatoms. The van der Waals surface area contributed by atoms with Gasteiger partial charge in [0.25, 0.3) is 0 Å². The fourth-order valence-corrected chi connectivity index (χ4v) is 1.77. The van der Waals surface area contributed by atoms with Crippen molar-refractivity contribution < 1.29 is 4.74 Å². The van der Waals surface area contributed by atoms with Gasteiger partial charge in [0.05, 0.1) is 0 Å². The van der Waals surface area contributed by atoms with Crippen LogP contribution < -0.4 is 10.6 Å². The van der Waals surface area contributed by atoms with Gasteiger partial charge in [0, 0.05) is 52.3 Å². The van der Waals surface area contributed by atoms with Crippen molar-refractivity contribution in [2.45, 2.75) is 32.7 Å². The summed E-state index contributed by atoms with van der Waals surface area (Å²) in [7, 11) is 1.79. The maximum absolute atomic E-state index is 5.52. The predicted octanol–water partition coefficient (Wildman–Crippen LogP) is 2.48. The van der Waals surface area contributed by atoms with E-state index in [-0.39, 0.29) is 24.0 Å². The number of nitrogens with one attached hydrogen (secondary N) is 2. The molecule has 0 aliphatic carbocycles. The Bertz CT molecular complexity index is 355. The van der Waals surface area contributed by atoms with Crippen molar-refractivity contribution in [2.24, 2.45) is 4.99 Å². The average Bonchev–Trinajstić information content (AvgIpc) is 2.97. The molecule has 0 aliphatic rings. The fraction of sp³-hybridized carbons (Fsp3) is 0.667. The van der Waals surface area contributed by atoms with Crippen LogP contribution in [0.5, 0.6) is 0 Å². The minimum atomic E-state index is 0. The summed E-state index contributed by atoms with van der Waals surface area (Å²) in [6, 6.07) is 4.07. The Hall–Kier alpha value is -0.760. The van der Waals surface area contributed by atoms with E-state index in [4.69, 9.17) is 4.74 Å². The topological polar surface area (TPSA) is 50.6 Å². The molecule has 0 aliphatic heterocycles. The summed E-state index contributed by atoms with van der Waals surface area (Å²) in [5.41, 5.74) is 0. The Kier molecular flexibility index (Phi) is 13.7. The third-order valence-corrected chi connectivity index (χ3v) is 2.95. The summed E-state index contributed by atoms with van der Waals surface area (Å²) in [5.74, 6) is 0.853. The number of unbranched alkanes of at least 4 members (excludes halogenated alkanes) is 1. The van der Waals surface area contributed by atoms with Gasteiger partial charge in [-0.1, -0.05) is 13.3 Å². The third-order valence-electron chi connectivity index (χ3n) is 2.95. The van der Waals surface area contributed by atoms with Crippen molar-refractivity contribution in [3.05, 3.63) is 24.5 Å². The lowest BCUT2D eigenvalue weighted by atomic mass is 10.4. The van der Waals surface area contributed by atoms with Crippen LogP contribution in [0, 0.1) is 0 Å². The molecule has 0 bridgehead atoms. The monoisotopic (exact) mass is 408 g/mol. The van der Waals surface area contributed by atoms with Gasteiger partial charge >= 0.3 is 0 Å². The smallest absolute Gasteiger partial charge is 0.191 e. The molecule has 0 saturated carbocycles. The SMILES string of the molecule is CCCCOCCCNC(=NC)NCCn1cccc1.I. The first-order valence-corrected chi connectivity index (χ1v) is 7.50. The molecule has 0 amide bonds. The molecule has 1 rings (SSSR count). The van der Waals surface area contributed by atoms with Crippen LogP contribution in [0.4, 0.5) is 0 Å². The van der Waals surface area contributed by atoms with E-state index in [1.165, 1.54) is 6.42 Å². The molecule has 21 heavy (non-hydrogen) atoms. The van der Waals surface area contributed by atoms with Gasteiger partial charge < -0.3 is 19.9 Å². The number of aliphatic imine (C=N–C) groups is 1. The van der Waals surface area contributed by atoms with Crippen molar-refractivity contribution in [1.82, 2.24) is 15.2 Å². The third kappa shape index (κ3) is 10.6. The van der Waals surface area contributed by atoms with Crippen molar-refractivity contribution >= 4 is 29.9 Å². The molecule has 2 N–H and O–H groups in total. The van der Waals surface area contributed by atoms with E-state index >= 15 is 0 Å². The Labute approximate surface area is 145 Å². The molecule has 122 valence electrons. The Morgan fingerprint density at radius 3 is 2.43 bits per heavy atom. The summed E-state index contributed by atoms with van der Waals surface area (Å²) >= 11 is 0. The number of aromatic nitrogens is 1. The minimum Gasteiger partial charge on any atom is -0.381 e. The predicted molar refractivity (Wildman–Crippen MR) is 99.6 cm³/mol. The number of guanidine groups is 1. The summed E-state index contributed by atoms with van der Waals surface area (Å²) in [6.07, 6.45) is 7.46. The summed E-state index contributed by atoms with van der Waals surface area (Å²) in [6.45, 7) is 6.55. The minimum absolute atomic E-state index is 0. The Balaban J connectivity index is 0.00000400. The first-order chi connectivity index (χ1) is 9.86. The number of nitrogens with zero attached hydrogens (tertiary/aromatic N) is 2. The first kappa shape index (κ1) is 20.2. The lowest BCUT2D eigenvalue weighted by molar-refractivity contribution is 0.129. The van der Waals surface area contributed by atoms with Crippen LogP contribution in [0.2, 0.25) is 0 Å². The average molecular weight is 408 g/mol. The van der Waals surface area contributed by atoms with E-state index in [0.29, 0.717) is 0 Å². The van der Waals surface area contributed by atoms with E-state index in [2.05, 4.69) is 39.5 Å². The molecule has 1 heterocycles. The molecular formula is C15H29IN4O. The van der Waals surface area contributed by atoms with Gasteiger partial charge in [-0.15, -0.1) is 24.0 Å². The van der Waals surface area contributed by atoms with Crippen LogP contribution in [0.1, 0.15) is 26.2 Å². The maximum Gasteiger partial charge on any atom is 0.191 e. The van der Waals surface area contributed by atoms with E-state index in [9.17, 15) is 0 Å². The zero-order chi connectivity index (χ0) is 14.5. The van der Waals surface area contributed by atoms with Gasteiger partial charge in [-0.25, -0.2) is 0 Å². The number of ether oxygens (including phenoxy) is 1. The maximum atomic E-state index is 5.52. The van der Waals surface area contributed by atoms with Gasteiger partial charge in [-0.2, -0.15) is 0 Å². The molecule has 0 spiro atoms. The van der Waals surface area contributed by atoms with Crippen molar-refractivity contribution in [1.29, 1.82) is 0 Å². The molecule has 0 atom stereocenters. The van der Waals surface area contributed by atoms with E-state index in [1.54, 1.807) is 7.05 Å². The van der Waals surface area contributed by atoms with Gasteiger partial charge in [-0.05, 0) is 25.0 Å². The van der Waals surface area contributed by atoms with Crippen LogP contribution in [-0.4, -0.2) is 43.9 Å². The fourth-order valence-electron chi connectivity index (χ4n) is 1.77. The second kappa shape index (κ2) is 14.2. The van der Waals surface area contributed by atoms with Gasteiger partial charge in [-0.3, -0.25) is 4.99 Å². The van der Waals surface area contributed by atoms with Crippen LogP contribution in [0.25, 0.3) is 0 Å². The highest BCUT2D eigenvalue weighted by Gasteiger charge is 1.96. The highest BCUT2D eigenvalue weighted by atomic mass is 127. The van der Waals surface area contributed by atoms with E-state index in [0.717, 1.165) is 51.6 Å². The molecule has 0 aromatic carbocycles. The van der Waals surface area contributed by atoms with Crippen molar-refractivity contribution in [3.8, 4) is 0 Å². The lowest BCUT2D eigenvalue weighted by Gasteiger charge is -2.12. The molecule has 5 nitrogen and oxygen atoms in total. The Morgan fingerprint density at radius 2 is 1.76 bits per heavy atom. The molecular weight excluding hydrogens is 379 g/mol. The largest absolute Gasteiger partial charge is 0.381 e. The molecule has 0 saturated heterocycles. The molecule has 0 radical (unpaired) electrons. The normalized spacial score (nSPS) is 11.0. The highest BCUT2D eigenvalue weighted by molar-refractivity contribution is 14.0. The van der Waals surface area contributed by atoms with Crippen LogP contribution in [0.15, 0.2) is 29.5 Å².